The van der Waals surface area contributed by atoms with Gasteiger partial charge in [0.15, 0.2) is 0 Å². The van der Waals surface area contributed by atoms with Crippen LogP contribution in [-0.4, -0.2) is 60.0 Å². The Morgan fingerprint density at radius 2 is 2.00 bits per heavy atom. The van der Waals surface area contributed by atoms with Gasteiger partial charge >= 0.3 is 0 Å². The summed E-state index contributed by atoms with van der Waals surface area (Å²) in [5.74, 6) is 1.84. The number of ether oxygens (including phenoxy) is 2. The minimum atomic E-state index is -0.408. The lowest BCUT2D eigenvalue weighted by Crippen LogP contribution is -2.34. The molecule has 33 heavy (non-hydrogen) atoms. The lowest BCUT2D eigenvalue weighted by atomic mass is 9.92. The number of nitrogens with zero attached hydrogens (tertiary/aromatic N) is 3. The molecule has 2 aliphatic rings. The summed E-state index contributed by atoms with van der Waals surface area (Å²) in [5.41, 5.74) is 6.71. The second kappa shape index (κ2) is 12.7. The summed E-state index contributed by atoms with van der Waals surface area (Å²) in [6.07, 6.45) is 8.36. The minimum absolute atomic E-state index is 0.176. The van der Waals surface area contributed by atoms with Crippen LogP contribution >= 0.6 is 11.6 Å². The summed E-state index contributed by atoms with van der Waals surface area (Å²) in [4.78, 5) is 22.1. The summed E-state index contributed by atoms with van der Waals surface area (Å²) < 4.78 is 10.6. The zero-order chi connectivity index (χ0) is 23.6. The lowest BCUT2D eigenvalue weighted by molar-refractivity contribution is 0.0999. The van der Waals surface area contributed by atoms with E-state index in [9.17, 15) is 4.79 Å². The molecule has 2 aromatic rings. The van der Waals surface area contributed by atoms with E-state index in [2.05, 4.69) is 14.9 Å². The number of aryl methyl sites for hydroxylation is 1. The molecule has 3 heterocycles. The molecule has 0 aliphatic carbocycles. The van der Waals surface area contributed by atoms with Crippen LogP contribution in [0, 0.1) is 12.8 Å². The van der Waals surface area contributed by atoms with Crippen molar-refractivity contribution < 1.29 is 19.4 Å². The molecule has 3 N–H and O–H groups in total. The van der Waals surface area contributed by atoms with Crippen molar-refractivity contribution in [2.75, 3.05) is 37.8 Å². The lowest BCUT2D eigenvalue weighted by Gasteiger charge is -2.31. The number of rotatable bonds is 7. The van der Waals surface area contributed by atoms with Gasteiger partial charge in [-0.05, 0) is 68.7 Å². The highest BCUT2D eigenvalue weighted by Gasteiger charge is 2.20. The van der Waals surface area contributed by atoms with Crippen LogP contribution in [0.1, 0.15) is 48.0 Å². The smallest absolute Gasteiger partial charge is 0.248 e. The van der Waals surface area contributed by atoms with Crippen LogP contribution < -0.4 is 15.4 Å². The molecule has 2 aliphatic heterocycles. The third-order valence-electron chi connectivity index (χ3n) is 5.90. The number of amides is 1. The predicted molar refractivity (Wildman–Crippen MR) is 128 cm³/mol. The average Bonchev–Trinajstić information content (AvgIpc) is 3.29. The molecular formula is C24H33ClN4O4. The van der Waals surface area contributed by atoms with Gasteiger partial charge in [0.1, 0.15) is 5.75 Å². The monoisotopic (exact) mass is 476 g/mol. The zero-order valence-electron chi connectivity index (χ0n) is 19.1. The highest BCUT2D eigenvalue weighted by atomic mass is 35.5. The average molecular weight is 477 g/mol. The van der Waals surface area contributed by atoms with Gasteiger partial charge in [-0.2, -0.15) is 0 Å². The van der Waals surface area contributed by atoms with Crippen LogP contribution in [0.2, 0.25) is 5.02 Å². The second-order valence-electron chi connectivity index (χ2n) is 8.48. The van der Waals surface area contributed by atoms with E-state index in [1.807, 2.05) is 13.0 Å². The van der Waals surface area contributed by atoms with E-state index < -0.39 is 5.91 Å². The van der Waals surface area contributed by atoms with Crippen LogP contribution in [0.15, 0.2) is 30.6 Å². The van der Waals surface area contributed by atoms with Crippen LogP contribution in [0.5, 0.6) is 5.75 Å². The Labute approximate surface area is 200 Å². The fourth-order valence-corrected chi connectivity index (χ4v) is 4.07. The summed E-state index contributed by atoms with van der Waals surface area (Å²) in [6.45, 7) is 5.77. The van der Waals surface area contributed by atoms with Crippen molar-refractivity contribution in [1.82, 2.24) is 9.97 Å². The number of aliphatic hydroxyl groups is 1. The van der Waals surface area contributed by atoms with Crippen molar-refractivity contribution in [3.8, 4) is 5.75 Å². The van der Waals surface area contributed by atoms with E-state index in [4.69, 9.17) is 31.9 Å². The van der Waals surface area contributed by atoms with E-state index in [1.54, 1.807) is 24.5 Å². The molecular weight excluding hydrogens is 444 g/mol. The summed E-state index contributed by atoms with van der Waals surface area (Å²) >= 11 is 5.84. The molecule has 0 spiro atoms. The number of carbonyl (C=O) groups excluding carboxylic acids is 1. The maximum absolute atomic E-state index is 11.3. The van der Waals surface area contributed by atoms with Crippen molar-refractivity contribution in [3.63, 3.8) is 0 Å². The van der Waals surface area contributed by atoms with Crippen molar-refractivity contribution in [3.05, 3.63) is 46.7 Å². The Bertz CT molecular complexity index is 883. The molecule has 8 nitrogen and oxygen atoms in total. The normalized spacial score (nSPS) is 18.5. The number of aromatic nitrogens is 2. The van der Waals surface area contributed by atoms with E-state index >= 15 is 0 Å². The first-order chi connectivity index (χ1) is 15.9. The fraction of sp³-hybridized carbons (Fsp3) is 0.542. The van der Waals surface area contributed by atoms with Crippen LogP contribution in [0.25, 0.3) is 0 Å². The van der Waals surface area contributed by atoms with Crippen LogP contribution in [-0.2, 0) is 4.74 Å². The first-order valence-electron chi connectivity index (χ1n) is 11.4. The summed E-state index contributed by atoms with van der Waals surface area (Å²) in [5, 5.41) is 9.17. The molecule has 0 radical (unpaired) electrons. The van der Waals surface area contributed by atoms with Gasteiger partial charge in [0.2, 0.25) is 11.9 Å². The highest BCUT2D eigenvalue weighted by Crippen LogP contribution is 2.25. The minimum Gasteiger partial charge on any atom is -0.494 e. The molecule has 2 saturated heterocycles. The van der Waals surface area contributed by atoms with Gasteiger partial charge in [-0.15, -0.1) is 0 Å². The first kappa shape index (κ1) is 25.2. The van der Waals surface area contributed by atoms with E-state index in [0.29, 0.717) is 29.7 Å². The Morgan fingerprint density at radius 1 is 1.27 bits per heavy atom. The molecule has 1 atom stereocenters. The maximum Gasteiger partial charge on any atom is 0.248 e. The van der Waals surface area contributed by atoms with Crippen molar-refractivity contribution in [1.29, 1.82) is 0 Å². The molecule has 1 aromatic heterocycles. The molecule has 9 heteroatoms. The standard InChI is InChI=1S/C20H25ClN4O2.C4H8O2/c1-14-11-17(4-5-18(14)19(22)26)27-10-2-3-15-6-8-25(9-7-15)20-23-12-16(21)13-24-20;5-4-1-2-6-3-4/h4-5,11-13,15H,2-3,6-10H2,1H3,(H2,22,26);4-5H,1-3H2. The SMILES string of the molecule is Cc1cc(OCCCC2CCN(c3ncc(Cl)cn3)CC2)ccc1C(N)=O.OC1CCOC1. The number of halogens is 1. The molecule has 0 bridgehead atoms. The molecule has 2 fully saturated rings. The van der Waals surface area contributed by atoms with Crippen molar-refractivity contribution in [2.45, 2.75) is 45.1 Å². The Morgan fingerprint density at radius 3 is 2.55 bits per heavy atom. The van der Waals surface area contributed by atoms with Gasteiger partial charge in [0.25, 0.3) is 0 Å². The largest absolute Gasteiger partial charge is 0.494 e. The van der Waals surface area contributed by atoms with Crippen LogP contribution in [0.3, 0.4) is 0 Å². The molecule has 4 rings (SSSR count). The number of anilines is 1. The zero-order valence-corrected chi connectivity index (χ0v) is 19.8. The highest BCUT2D eigenvalue weighted by molar-refractivity contribution is 6.30. The molecule has 1 unspecified atom stereocenters. The number of carbonyl (C=O) groups is 1. The fourth-order valence-electron chi connectivity index (χ4n) is 3.98. The van der Waals surface area contributed by atoms with Gasteiger partial charge in [0.05, 0.1) is 36.7 Å². The van der Waals surface area contributed by atoms with Crippen molar-refractivity contribution in [2.24, 2.45) is 11.7 Å². The number of primary amides is 1. The van der Waals surface area contributed by atoms with Gasteiger partial charge in [-0.25, -0.2) is 9.97 Å². The third-order valence-corrected chi connectivity index (χ3v) is 6.09. The number of piperidine rings is 1. The Balaban J connectivity index is 0.000000442. The van der Waals surface area contributed by atoms with E-state index in [0.717, 1.165) is 69.1 Å². The first-order valence-corrected chi connectivity index (χ1v) is 11.8. The van der Waals surface area contributed by atoms with E-state index in [1.165, 1.54) is 0 Å². The van der Waals surface area contributed by atoms with Crippen molar-refractivity contribution >= 4 is 23.5 Å². The Kier molecular flexibility index (Phi) is 9.72. The molecule has 1 amide bonds. The number of hydrogen-bond donors (Lipinski definition) is 2. The number of aliphatic hydroxyl groups excluding tert-OH is 1. The molecule has 0 saturated carbocycles. The number of hydrogen-bond acceptors (Lipinski definition) is 7. The number of benzene rings is 1. The van der Waals surface area contributed by atoms with Gasteiger partial charge in [0, 0.05) is 25.3 Å². The van der Waals surface area contributed by atoms with E-state index in [-0.39, 0.29) is 6.10 Å². The Hall–Kier alpha value is -2.42. The van der Waals surface area contributed by atoms with Gasteiger partial charge in [-0.3, -0.25) is 4.79 Å². The summed E-state index contributed by atoms with van der Waals surface area (Å²) in [6, 6.07) is 5.39. The van der Waals surface area contributed by atoms with Crippen LogP contribution in [0.4, 0.5) is 5.95 Å². The predicted octanol–water partition coefficient (Wildman–Crippen LogP) is 3.38. The van der Waals surface area contributed by atoms with Gasteiger partial charge < -0.3 is 25.2 Å². The third kappa shape index (κ3) is 8.14. The van der Waals surface area contributed by atoms with Gasteiger partial charge in [-0.1, -0.05) is 11.6 Å². The summed E-state index contributed by atoms with van der Waals surface area (Å²) in [7, 11) is 0. The maximum atomic E-state index is 11.3. The quantitative estimate of drug-likeness (QED) is 0.589. The second-order valence-corrected chi connectivity index (χ2v) is 8.92. The molecule has 1 aromatic carbocycles. The number of nitrogens with two attached hydrogens (primary N) is 1. The molecule has 180 valence electrons. The topological polar surface area (TPSA) is 111 Å².